The lowest BCUT2D eigenvalue weighted by Gasteiger charge is -2.21. The molecule has 35 heavy (non-hydrogen) atoms. The molecule has 0 atom stereocenters. The number of rotatable bonds is 6. The van der Waals surface area contributed by atoms with Crippen LogP contribution in [0.15, 0.2) is 58.5 Å². The summed E-state index contributed by atoms with van der Waals surface area (Å²) in [6.07, 6.45) is 0.819. The molecule has 0 radical (unpaired) electrons. The highest BCUT2D eigenvalue weighted by Crippen LogP contribution is 2.34. The highest BCUT2D eigenvalue weighted by Gasteiger charge is 2.24. The van der Waals surface area contributed by atoms with Crippen LogP contribution in [0.2, 0.25) is 5.02 Å². The van der Waals surface area contributed by atoms with E-state index in [1.54, 1.807) is 47.3 Å². The van der Waals surface area contributed by atoms with E-state index in [0.29, 0.717) is 32.7 Å². The zero-order chi connectivity index (χ0) is 24.5. The molecule has 10 heteroatoms. The van der Waals surface area contributed by atoms with Crippen LogP contribution < -0.4 is 15.6 Å². The largest absolute Gasteiger partial charge is 0.497 e. The highest BCUT2D eigenvalue weighted by atomic mass is 35.5. The fraction of sp³-hybridized carbons (Fsp3) is 0.240. The fourth-order valence-electron chi connectivity index (χ4n) is 4.10. The van der Waals surface area contributed by atoms with Crippen molar-refractivity contribution in [2.45, 2.75) is 18.1 Å². The normalized spacial score (nSPS) is 13.6. The monoisotopic (exact) mass is 526 g/mol. The van der Waals surface area contributed by atoms with Crippen LogP contribution in [0, 0.1) is 0 Å². The van der Waals surface area contributed by atoms with E-state index in [1.165, 1.54) is 16.6 Å². The number of halogens is 1. The van der Waals surface area contributed by atoms with Gasteiger partial charge in [0.1, 0.15) is 10.6 Å². The Balaban J connectivity index is 1.53. The summed E-state index contributed by atoms with van der Waals surface area (Å²) < 4.78 is 6.88. The third-order valence-electron chi connectivity index (χ3n) is 5.81. The Morgan fingerprint density at radius 3 is 2.80 bits per heavy atom. The maximum absolute atomic E-state index is 13.8. The predicted octanol–water partition coefficient (Wildman–Crippen LogP) is 4.83. The van der Waals surface area contributed by atoms with Gasteiger partial charge >= 0.3 is 0 Å². The number of fused-ring (bicyclic) bond motifs is 3. The standard InChI is InChI=1S/C25H23ClN4O3S2/c1-29-11-10-19-20(13-29)35-23-22(19)24(32)30(17-6-8-18(33-2)9-7-17)25(28-23)34-14-21(31)27-16-5-3-4-15(26)12-16/h3-9,12H,10-11,13-14H2,1-2H3,(H,27,31). The summed E-state index contributed by atoms with van der Waals surface area (Å²) >= 11 is 8.82. The smallest absolute Gasteiger partial charge is 0.267 e. The Kier molecular flexibility index (Phi) is 6.84. The van der Waals surface area contributed by atoms with Crippen molar-refractivity contribution in [3.05, 3.63) is 74.3 Å². The van der Waals surface area contributed by atoms with Gasteiger partial charge in [0.25, 0.3) is 5.56 Å². The minimum Gasteiger partial charge on any atom is -0.497 e. The van der Waals surface area contributed by atoms with Gasteiger partial charge in [-0.1, -0.05) is 29.4 Å². The fourth-order valence-corrected chi connectivity index (χ4v) is 6.44. The number of methoxy groups -OCH3 is 1. The topological polar surface area (TPSA) is 76.5 Å². The number of thioether (sulfide) groups is 1. The van der Waals surface area contributed by atoms with Gasteiger partial charge in [0.05, 0.1) is 23.9 Å². The number of anilines is 1. The number of benzene rings is 2. The van der Waals surface area contributed by atoms with Gasteiger partial charge in [0.2, 0.25) is 5.91 Å². The second-order valence-corrected chi connectivity index (χ2v) is 10.7. The average molecular weight is 527 g/mol. The van der Waals surface area contributed by atoms with Gasteiger partial charge in [-0.15, -0.1) is 11.3 Å². The van der Waals surface area contributed by atoms with Gasteiger partial charge in [0, 0.05) is 28.7 Å². The summed E-state index contributed by atoms with van der Waals surface area (Å²) in [5, 5.41) is 4.54. The molecular formula is C25H23ClN4O3S2. The van der Waals surface area contributed by atoms with E-state index in [-0.39, 0.29) is 17.2 Å². The quantitative estimate of drug-likeness (QED) is 0.286. The molecule has 2 aromatic heterocycles. The van der Waals surface area contributed by atoms with Crippen molar-refractivity contribution in [2.75, 3.05) is 31.8 Å². The van der Waals surface area contributed by atoms with Crippen molar-refractivity contribution in [3.8, 4) is 11.4 Å². The average Bonchev–Trinajstić information content (AvgIpc) is 3.20. The Bertz CT molecular complexity index is 1470. The summed E-state index contributed by atoms with van der Waals surface area (Å²) in [6.45, 7) is 1.71. The van der Waals surface area contributed by atoms with E-state index in [4.69, 9.17) is 21.3 Å². The first kappa shape index (κ1) is 23.9. The first-order valence-corrected chi connectivity index (χ1v) is 13.2. The number of nitrogens with zero attached hydrogens (tertiary/aromatic N) is 3. The molecule has 0 saturated carbocycles. The molecule has 5 rings (SSSR count). The van der Waals surface area contributed by atoms with Gasteiger partial charge in [0.15, 0.2) is 5.16 Å². The molecule has 0 spiro atoms. The van der Waals surface area contributed by atoms with Crippen molar-refractivity contribution >= 4 is 56.5 Å². The zero-order valence-electron chi connectivity index (χ0n) is 19.2. The summed E-state index contributed by atoms with van der Waals surface area (Å²) in [5.41, 5.74) is 2.28. The van der Waals surface area contributed by atoms with Crippen LogP contribution in [-0.2, 0) is 17.8 Å². The Morgan fingerprint density at radius 1 is 1.26 bits per heavy atom. The summed E-state index contributed by atoms with van der Waals surface area (Å²) in [5.74, 6) is 0.580. The summed E-state index contributed by atoms with van der Waals surface area (Å²) in [4.78, 5) is 35.5. The molecule has 0 bridgehead atoms. The number of aromatic nitrogens is 2. The molecule has 0 aliphatic carbocycles. The number of thiophene rings is 1. The second-order valence-electron chi connectivity index (χ2n) is 8.25. The third-order valence-corrected chi connectivity index (χ3v) is 8.09. The van der Waals surface area contributed by atoms with Crippen LogP contribution in [0.25, 0.3) is 15.9 Å². The van der Waals surface area contributed by atoms with E-state index >= 15 is 0 Å². The maximum Gasteiger partial charge on any atom is 0.267 e. The van der Waals surface area contributed by atoms with Crippen molar-refractivity contribution in [1.82, 2.24) is 14.5 Å². The van der Waals surface area contributed by atoms with Gasteiger partial charge in [-0.3, -0.25) is 14.2 Å². The van der Waals surface area contributed by atoms with Gasteiger partial charge in [-0.2, -0.15) is 0 Å². The number of carbonyl (C=O) groups is 1. The Labute approximate surface area is 215 Å². The van der Waals surface area contributed by atoms with Gasteiger partial charge in [-0.25, -0.2) is 4.98 Å². The van der Waals surface area contributed by atoms with Crippen LogP contribution in [-0.4, -0.2) is 46.8 Å². The van der Waals surface area contributed by atoms with E-state index in [2.05, 4.69) is 17.3 Å². The molecule has 3 heterocycles. The van der Waals surface area contributed by atoms with Crippen LogP contribution in [0.1, 0.15) is 10.4 Å². The van der Waals surface area contributed by atoms with Crippen LogP contribution in [0.5, 0.6) is 5.75 Å². The lowest BCUT2D eigenvalue weighted by atomic mass is 10.1. The molecule has 7 nitrogen and oxygen atoms in total. The number of hydrogen-bond acceptors (Lipinski definition) is 7. The Morgan fingerprint density at radius 2 is 2.06 bits per heavy atom. The first-order valence-electron chi connectivity index (χ1n) is 11.0. The Hall–Kier alpha value is -2.85. The highest BCUT2D eigenvalue weighted by molar-refractivity contribution is 7.99. The minimum absolute atomic E-state index is 0.0917. The first-order chi connectivity index (χ1) is 16.9. The zero-order valence-corrected chi connectivity index (χ0v) is 21.6. The molecule has 2 aromatic carbocycles. The molecule has 0 unspecified atom stereocenters. The van der Waals surface area contributed by atoms with E-state index in [1.807, 2.05) is 24.3 Å². The molecule has 1 aliphatic rings. The maximum atomic E-state index is 13.8. The van der Waals surface area contributed by atoms with Crippen LogP contribution in [0.4, 0.5) is 5.69 Å². The SMILES string of the molecule is COc1ccc(-n2c(SCC(=O)Nc3cccc(Cl)c3)nc3sc4c(c3c2=O)CCN(C)C4)cc1. The lowest BCUT2D eigenvalue weighted by Crippen LogP contribution is -2.27. The van der Waals surface area contributed by atoms with Gasteiger partial charge < -0.3 is 15.0 Å². The van der Waals surface area contributed by atoms with Crippen molar-refractivity contribution in [1.29, 1.82) is 0 Å². The molecule has 0 fully saturated rings. The number of amides is 1. The van der Waals surface area contributed by atoms with Crippen molar-refractivity contribution in [3.63, 3.8) is 0 Å². The van der Waals surface area contributed by atoms with Gasteiger partial charge in [-0.05, 0) is 61.5 Å². The molecular weight excluding hydrogens is 504 g/mol. The number of hydrogen-bond donors (Lipinski definition) is 1. The number of likely N-dealkylation sites (N-methyl/N-ethyl adjacent to an activating group) is 1. The van der Waals surface area contributed by atoms with E-state index < -0.39 is 0 Å². The van der Waals surface area contributed by atoms with Crippen molar-refractivity contribution < 1.29 is 9.53 Å². The summed E-state index contributed by atoms with van der Waals surface area (Å²) in [6, 6.07) is 14.3. The number of nitrogens with one attached hydrogen (secondary N) is 1. The third kappa shape index (κ3) is 4.95. The molecule has 1 aliphatic heterocycles. The summed E-state index contributed by atoms with van der Waals surface area (Å²) in [7, 11) is 3.68. The van der Waals surface area contributed by atoms with E-state index in [9.17, 15) is 9.59 Å². The predicted molar refractivity (Wildman–Crippen MR) is 143 cm³/mol. The lowest BCUT2D eigenvalue weighted by molar-refractivity contribution is -0.113. The minimum atomic E-state index is -0.208. The molecule has 1 amide bonds. The van der Waals surface area contributed by atoms with Crippen molar-refractivity contribution in [2.24, 2.45) is 0 Å². The molecule has 1 N–H and O–H groups in total. The van der Waals surface area contributed by atoms with E-state index in [0.717, 1.165) is 29.9 Å². The van der Waals surface area contributed by atoms with Crippen LogP contribution in [0.3, 0.4) is 0 Å². The number of carbonyl (C=O) groups excluding carboxylic acids is 1. The second kappa shape index (κ2) is 10.0. The number of ether oxygens (including phenoxy) is 1. The molecule has 0 saturated heterocycles. The molecule has 180 valence electrons. The molecule has 4 aromatic rings. The van der Waals surface area contributed by atoms with Crippen LogP contribution >= 0.6 is 34.7 Å².